The third-order valence-electron chi connectivity index (χ3n) is 3.62. The van der Waals surface area contributed by atoms with E-state index in [4.69, 9.17) is 9.15 Å². The van der Waals surface area contributed by atoms with Crippen molar-refractivity contribution in [1.82, 2.24) is 10.6 Å². The van der Waals surface area contributed by atoms with E-state index in [0.717, 1.165) is 0 Å². The van der Waals surface area contributed by atoms with Crippen LogP contribution >= 0.6 is 0 Å². The van der Waals surface area contributed by atoms with Gasteiger partial charge in [-0.05, 0) is 36.8 Å². The predicted molar refractivity (Wildman–Crippen MR) is 82.0 cm³/mol. The number of rotatable bonds is 4. The second-order valence-electron chi connectivity index (χ2n) is 5.28. The molecule has 1 atom stereocenters. The molecule has 0 bridgehead atoms. The highest BCUT2D eigenvalue weighted by atomic mass is 19.1. The summed E-state index contributed by atoms with van der Waals surface area (Å²) >= 11 is 0. The van der Waals surface area contributed by atoms with Crippen LogP contribution in [-0.4, -0.2) is 12.0 Å². The number of esters is 1. The Morgan fingerprint density at radius 1 is 1.29 bits per heavy atom. The van der Waals surface area contributed by atoms with Crippen molar-refractivity contribution < 1.29 is 23.1 Å². The van der Waals surface area contributed by atoms with Crippen LogP contribution in [0.4, 0.5) is 9.18 Å². The Morgan fingerprint density at radius 2 is 2.04 bits per heavy atom. The minimum atomic E-state index is -0.719. The lowest BCUT2D eigenvalue weighted by atomic mass is 9.95. The maximum absolute atomic E-state index is 13.1. The maximum atomic E-state index is 13.1. The molecule has 1 aliphatic rings. The monoisotopic (exact) mass is 330 g/mol. The number of carbonyl (C=O) groups excluding carboxylic acids is 2. The van der Waals surface area contributed by atoms with Crippen LogP contribution in [0.25, 0.3) is 0 Å². The van der Waals surface area contributed by atoms with Crippen LogP contribution in [0.15, 0.2) is 58.3 Å². The number of hydrogen-bond donors (Lipinski definition) is 2. The zero-order chi connectivity index (χ0) is 17.1. The molecule has 6 nitrogen and oxygen atoms in total. The van der Waals surface area contributed by atoms with Crippen LogP contribution in [0.5, 0.6) is 0 Å². The molecule has 24 heavy (non-hydrogen) atoms. The largest absolute Gasteiger partial charge is 0.466 e. The second kappa shape index (κ2) is 6.57. The van der Waals surface area contributed by atoms with Crippen LogP contribution < -0.4 is 10.6 Å². The SMILES string of the molecule is CC1=C(C(=O)OCc2ccco2)[C@H](c2ccc(F)cc2)NC(=O)N1. The van der Waals surface area contributed by atoms with E-state index >= 15 is 0 Å². The summed E-state index contributed by atoms with van der Waals surface area (Å²) in [7, 11) is 0. The number of furan rings is 1. The molecule has 1 aromatic carbocycles. The highest BCUT2D eigenvalue weighted by Crippen LogP contribution is 2.28. The van der Waals surface area contributed by atoms with E-state index < -0.39 is 23.9 Å². The Labute approximate surface area is 137 Å². The molecule has 2 amide bonds. The number of nitrogens with one attached hydrogen (secondary N) is 2. The number of hydrogen-bond acceptors (Lipinski definition) is 4. The third-order valence-corrected chi connectivity index (χ3v) is 3.62. The first-order chi connectivity index (χ1) is 11.5. The molecule has 0 fully saturated rings. The van der Waals surface area contributed by atoms with Crippen LogP contribution in [0, 0.1) is 5.82 Å². The molecule has 1 aromatic heterocycles. The average Bonchev–Trinajstić information content (AvgIpc) is 3.06. The molecule has 0 unspecified atom stereocenters. The first-order valence-corrected chi connectivity index (χ1v) is 7.28. The van der Waals surface area contributed by atoms with E-state index in [1.165, 1.54) is 30.5 Å². The van der Waals surface area contributed by atoms with Gasteiger partial charge in [-0.15, -0.1) is 0 Å². The van der Waals surface area contributed by atoms with Crippen molar-refractivity contribution in [2.75, 3.05) is 0 Å². The van der Waals surface area contributed by atoms with E-state index in [1.807, 2.05) is 0 Å². The number of urea groups is 1. The minimum absolute atomic E-state index is 0.0211. The fourth-order valence-corrected chi connectivity index (χ4v) is 2.48. The summed E-state index contributed by atoms with van der Waals surface area (Å²) in [6.07, 6.45) is 1.48. The molecule has 2 N–H and O–H groups in total. The van der Waals surface area contributed by atoms with Crippen LogP contribution in [0.1, 0.15) is 24.3 Å². The second-order valence-corrected chi connectivity index (χ2v) is 5.28. The van der Waals surface area contributed by atoms with Crippen molar-refractivity contribution >= 4 is 12.0 Å². The zero-order valence-electron chi connectivity index (χ0n) is 12.8. The molecule has 2 heterocycles. The fourth-order valence-electron chi connectivity index (χ4n) is 2.48. The van der Waals surface area contributed by atoms with Crippen molar-refractivity contribution in [1.29, 1.82) is 0 Å². The van der Waals surface area contributed by atoms with Gasteiger partial charge in [-0.1, -0.05) is 12.1 Å². The van der Waals surface area contributed by atoms with Gasteiger partial charge in [-0.25, -0.2) is 14.0 Å². The molecular weight excluding hydrogens is 315 g/mol. The van der Waals surface area contributed by atoms with Crippen molar-refractivity contribution in [2.24, 2.45) is 0 Å². The number of halogens is 1. The first kappa shape index (κ1) is 15.8. The first-order valence-electron chi connectivity index (χ1n) is 7.28. The van der Waals surface area contributed by atoms with Crippen LogP contribution in [-0.2, 0) is 16.1 Å². The lowest BCUT2D eigenvalue weighted by molar-refractivity contribution is -0.141. The van der Waals surface area contributed by atoms with Gasteiger partial charge in [0.25, 0.3) is 0 Å². The van der Waals surface area contributed by atoms with Crippen molar-refractivity contribution in [3.8, 4) is 0 Å². The minimum Gasteiger partial charge on any atom is -0.466 e. The lowest BCUT2D eigenvalue weighted by Gasteiger charge is -2.28. The van der Waals surface area contributed by atoms with Crippen molar-refractivity contribution in [2.45, 2.75) is 19.6 Å². The number of carbonyl (C=O) groups is 2. The molecule has 0 radical (unpaired) electrons. The Bertz CT molecular complexity index is 781. The van der Waals surface area contributed by atoms with E-state index in [9.17, 15) is 14.0 Å². The summed E-state index contributed by atoms with van der Waals surface area (Å²) in [6.45, 7) is 1.59. The molecule has 2 aromatic rings. The van der Waals surface area contributed by atoms with Gasteiger partial charge < -0.3 is 19.8 Å². The summed E-state index contributed by atoms with van der Waals surface area (Å²) in [5, 5.41) is 5.20. The molecule has 1 aliphatic heterocycles. The quantitative estimate of drug-likeness (QED) is 0.845. The highest BCUT2D eigenvalue weighted by Gasteiger charge is 2.32. The van der Waals surface area contributed by atoms with Gasteiger partial charge in [-0.3, -0.25) is 0 Å². The Kier molecular flexibility index (Phi) is 4.33. The molecule has 0 saturated heterocycles. The van der Waals surface area contributed by atoms with Crippen molar-refractivity contribution in [3.63, 3.8) is 0 Å². The fraction of sp³-hybridized carbons (Fsp3) is 0.176. The van der Waals surface area contributed by atoms with Crippen molar-refractivity contribution in [3.05, 3.63) is 71.1 Å². The van der Waals surface area contributed by atoms with E-state index in [-0.39, 0.29) is 12.2 Å². The van der Waals surface area contributed by atoms with Gasteiger partial charge in [-0.2, -0.15) is 0 Å². The number of allylic oxidation sites excluding steroid dienone is 1. The van der Waals surface area contributed by atoms with Gasteiger partial charge in [0, 0.05) is 5.70 Å². The average molecular weight is 330 g/mol. The molecule has 3 rings (SSSR count). The third kappa shape index (κ3) is 3.29. The Hall–Kier alpha value is -3.09. The number of amides is 2. The standard InChI is InChI=1S/C17H15FN2O4/c1-10-14(16(21)24-9-13-3-2-8-23-13)15(20-17(22)19-10)11-4-6-12(18)7-5-11/h2-8,15H,9H2,1H3,(H2,19,20,22)/t15-/m0/s1. The summed E-state index contributed by atoms with van der Waals surface area (Å²) in [5.41, 5.74) is 1.22. The van der Waals surface area contributed by atoms with E-state index in [0.29, 0.717) is 17.0 Å². The van der Waals surface area contributed by atoms with Gasteiger partial charge in [0.2, 0.25) is 0 Å². The predicted octanol–water partition coefficient (Wildman–Crippen LogP) is 2.79. The highest BCUT2D eigenvalue weighted by molar-refractivity contribution is 5.95. The molecule has 0 aliphatic carbocycles. The maximum Gasteiger partial charge on any atom is 0.338 e. The van der Waals surface area contributed by atoms with Crippen LogP contribution in [0.3, 0.4) is 0 Å². The number of ether oxygens (including phenoxy) is 1. The van der Waals surface area contributed by atoms with Gasteiger partial charge >= 0.3 is 12.0 Å². The van der Waals surface area contributed by atoms with Gasteiger partial charge in [0.1, 0.15) is 18.2 Å². The molecule has 0 spiro atoms. The lowest BCUT2D eigenvalue weighted by Crippen LogP contribution is -2.45. The summed E-state index contributed by atoms with van der Waals surface area (Å²) < 4.78 is 23.5. The Morgan fingerprint density at radius 3 is 2.71 bits per heavy atom. The molecule has 7 heteroatoms. The molecule has 124 valence electrons. The van der Waals surface area contributed by atoms with Crippen LogP contribution in [0.2, 0.25) is 0 Å². The zero-order valence-corrected chi connectivity index (χ0v) is 12.8. The molecular formula is C17H15FN2O4. The normalized spacial score (nSPS) is 17.2. The topological polar surface area (TPSA) is 80.6 Å². The van der Waals surface area contributed by atoms with Gasteiger partial charge in [0.05, 0.1) is 17.9 Å². The van der Waals surface area contributed by atoms with E-state index in [1.54, 1.807) is 19.1 Å². The summed E-state index contributed by atoms with van der Waals surface area (Å²) in [5.74, 6) is -0.486. The number of benzene rings is 1. The molecule has 0 saturated carbocycles. The van der Waals surface area contributed by atoms with E-state index in [2.05, 4.69) is 10.6 Å². The summed E-state index contributed by atoms with van der Waals surface area (Å²) in [4.78, 5) is 24.2. The smallest absolute Gasteiger partial charge is 0.338 e. The summed E-state index contributed by atoms with van der Waals surface area (Å²) in [6, 6.07) is 7.78. The van der Waals surface area contributed by atoms with Gasteiger partial charge in [0.15, 0.2) is 0 Å². The Balaban J connectivity index is 1.85.